The molecule has 7 heteroatoms. The molecule has 2 amide bonds. The van der Waals surface area contributed by atoms with Crippen LogP contribution >= 0.6 is 0 Å². The van der Waals surface area contributed by atoms with Gasteiger partial charge in [-0.3, -0.25) is 14.4 Å². The Morgan fingerprint density at radius 3 is 2.55 bits per heavy atom. The molecular formula is C22H25N3O4. The molecule has 1 aromatic heterocycles. The van der Waals surface area contributed by atoms with Crippen molar-refractivity contribution in [2.24, 2.45) is 11.8 Å². The number of carbonyl (C=O) groups is 2. The first-order valence-electron chi connectivity index (χ1n) is 9.89. The number of hydrogen-bond donors (Lipinski definition) is 2. The van der Waals surface area contributed by atoms with Gasteiger partial charge in [0, 0.05) is 37.8 Å². The standard InChI is InChI=1S/C22H25N3O4/c1-13(15-7-4-3-5-8-15)23-22(29)20-16(12-26)18-11-24-17(9-6-10-19(24)28)21(20)25(18)14(2)27/h3-10,13,16,18,20-21,26H,11-12H2,1-2H3,(H,23,29)/t13-,16-,18-,20+,21+/m1/s1. The van der Waals surface area contributed by atoms with Gasteiger partial charge in [-0.2, -0.15) is 0 Å². The van der Waals surface area contributed by atoms with Crippen molar-refractivity contribution in [3.63, 3.8) is 0 Å². The fourth-order valence-corrected chi connectivity index (χ4v) is 4.92. The number of amides is 2. The first-order valence-corrected chi connectivity index (χ1v) is 9.89. The third kappa shape index (κ3) is 3.15. The van der Waals surface area contributed by atoms with Crippen molar-refractivity contribution in [1.29, 1.82) is 0 Å². The molecule has 2 bridgehead atoms. The number of nitrogens with one attached hydrogen (secondary N) is 1. The fourth-order valence-electron chi connectivity index (χ4n) is 4.92. The van der Waals surface area contributed by atoms with Gasteiger partial charge in [-0.1, -0.05) is 36.4 Å². The summed E-state index contributed by atoms with van der Waals surface area (Å²) in [6.07, 6.45) is 0. The van der Waals surface area contributed by atoms with E-state index in [0.717, 1.165) is 5.56 Å². The van der Waals surface area contributed by atoms with Crippen molar-refractivity contribution in [3.05, 3.63) is 70.1 Å². The van der Waals surface area contributed by atoms with Gasteiger partial charge in [0.2, 0.25) is 11.8 Å². The number of aromatic nitrogens is 1. The highest BCUT2D eigenvalue weighted by atomic mass is 16.3. The van der Waals surface area contributed by atoms with Crippen molar-refractivity contribution in [2.45, 2.75) is 38.5 Å². The molecule has 0 spiro atoms. The summed E-state index contributed by atoms with van der Waals surface area (Å²) in [5, 5.41) is 13.2. The minimum absolute atomic E-state index is 0.156. The van der Waals surface area contributed by atoms with Crippen LogP contribution < -0.4 is 10.9 Å². The van der Waals surface area contributed by atoms with E-state index in [-0.39, 0.29) is 36.6 Å². The number of nitrogens with zero attached hydrogens (tertiary/aromatic N) is 2. The Labute approximate surface area is 169 Å². The van der Waals surface area contributed by atoms with Gasteiger partial charge in [0.25, 0.3) is 5.56 Å². The highest BCUT2D eigenvalue weighted by Crippen LogP contribution is 2.48. The van der Waals surface area contributed by atoms with E-state index in [1.807, 2.05) is 37.3 Å². The van der Waals surface area contributed by atoms with Crippen LogP contribution in [0.2, 0.25) is 0 Å². The van der Waals surface area contributed by atoms with Crippen LogP contribution in [0, 0.1) is 11.8 Å². The van der Waals surface area contributed by atoms with E-state index in [2.05, 4.69) is 5.32 Å². The van der Waals surface area contributed by atoms with Crippen molar-refractivity contribution >= 4 is 11.8 Å². The Morgan fingerprint density at radius 1 is 1.17 bits per heavy atom. The smallest absolute Gasteiger partial charge is 0.250 e. The number of rotatable bonds is 4. The number of aliphatic hydroxyl groups is 1. The van der Waals surface area contributed by atoms with Crippen LogP contribution in [0.5, 0.6) is 0 Å². The van der Waals surface area contributed by atoms with Gasteiger partial charge in [0.15, 0.2) is 0 Å². The molecule has 2 aliphatic heterocycles. The zero-order valence-corrected chi connectivity index (χ0v) is 16.5. The van der Waals surface area contributed by atoms with E-state index in [1.54, 1.807) is 21.6 Å². The van der Waals surface area contributed by atoms with E-state index in [0.29, 0.717) is 5.69 Å². The Hall–Kier alpha value is -2.93. The summed E-state index contributed by atoms with van der Waals surface area (Å²) in [7, 11) is 0. The van der Waals surface area contributed by atoms with Gasteiger partial charge in [-0.05, 0) is 18.6 Å². The van der Waals surface area contributed by atoms with Crippen LogP contribution in [0.25, 0.3) is 0 Å². The summed E-state index contributed by atoms with van der Waals surface area (Å²) >= 11 is 0. The Morgan fingerprint density at radius 2 is 1.90 bits per heavy atom. The van der Waals surface area contributed by atoms with E-state index in [1.165, 1.54) is 13.0 Å². The highest BCUT2D eigenvalue weighted by molar-refractivity contribution is 5.84. The average Bonchev–Trinajstić information content (AvgIpc) is 2.96. The van der Waals surface area contributed by atoms with Gasteiger partial charge in [-0.15, -0.1) is 0 Å². The van der Waals surface area contributed by atoms with Crippen molar-refractivity contribution in [3.8, 4) is 0 Å². The Kier molecular flexibility index (Phi) is 5.00. The normalized spacial score (nSPS) is 26.0. The maximum absolute atomic E-state index is 13.4. The predicted octanol–water partition coefficient (Wildman–Crippen LogP) is 1.24. The molecule has 0 radical (unpaired) electrons. The molecule has 1 fully saturated rings. The highest BCUT2D eigenvalue weighted by Gasteiger charge is 2.56. The molecule has 2 aliphatic rings. The zero-order valence-electron chi connectivity index (χ0n) is 16.5. The number of benzene rings is 1. The maximum Gasteiger partial charge on any atom is 0.250 e. The molecule has 0 saturated carbocycles. The number of carbonyl (C=O) groups excluding carboxylic acids is 2. The molecule has 2 N–H and O–H groups in total. The van der Waals surface area contributed by atoms with Crippen molar-refractivity contribution in [1.82, 2.24) is 14.8 Å². The lowest BCUT2D eigenvalue weighted by molar-refractivity contribution is -0.134. The summed E-state index contributed by atoms with van der Waals surface area (Å²) in [4.78, 5) is 39.9. The van der Waals surface area contributed by atoms with Crippen LogP contribution in [0.1, 0.15) is 37.2 Å². The number of hydrogen-bond acceptors (Lipinski definition) is 4. The summed E-state index contributed by atoms with van der Waals surface area (Å²) < 4.78 is 1.63. The predicted molar refractivity (Wildman–Crippen MR) is 107 cm³/mol. The number of fused-ring (bicyclic) bond motifs is 4. The molecule has 0 aliphatic carbocycles. The molecule has 152 valence electrons. The summed E-state index contributed by atoms with van der Waals surface area (Å²) in [5.41, 5.74) is 1.46. The fraction of sp³-hybridized carbons (Fsp3) is 0.409. The number of pyridine rings is 1. The molecule has 1 saturated heterocycles. The van der Waals surface area contributed by atoms with Crippen LogP contribution in [-0.2, 0) is 16.1 Å². The van der Waals surface area contributed by atoms with E-state index < -0.39 is 23.9 Å². The maximum atomic E-state index is 13.4. The third-order valence-corrected chi connectivity index (χ3v) is 6.24. The summed E-state index contributed by atoms with van der Waals surface area (Å²) in [6.45, 7) is 3.43. The minimum atomic E-state index is -0.629. The Balaban J connectivity index is 1.72. The van der Waals surface area contributed by atoms with Gasteiger partial charge >= 0.3 is 0 Å². The lowest BCUT2D eigenvalue weighted by atomic mass is 9.86. The van der Waals surface area contributed by atoms with E-state index in [9.17, 15) is 19.5 Å². The van der Waals surface area contributed by atoms with Crippen LogP contribution in [-0.4, -0.2) is 39.0 Å². The van der Waals surface area contributed by atoms with Crippen LogP contribution in [0.4, 0.5) is 0 Å². The second-order valence-corrected chi connectivity index (χ2v) is 7.85. The molecule has 29 heavy (non-hydrogen) atoms. The van der Waals surface area contributed by atoms with E-state index >= 15 is 0 Å². The second-order valence-electron chi connectivity index (χ2n) is 7.85. The molecule has 2 aromatic rings. The molecule has 5 atom stereocenters. The lowest BCUT2D eigenvalue weighted by Gasteiger charge is -2.37. The molecule has 0 unspecified atom stereocenters. The van der Waals surface area contributed by atoms with Crippen molar-refractivity contribution < 1.29 is 14.7 Å². The van der Waals surface area contributed by atoms with Crippen molar-refractivity contribution in [2.75, 3.05) is 6.61 Å². The quantitative estimate of drug-likeness (QED) is 0.815. The van der Waals surface area contributed by atoms with Crippen LogP contribution in [0.3, 0.4) is 0 Å². The number of aliphatic hydroxyl groups excluding tert-OH is 1. The first-order chi connectivity index (χ1) is 13.9. The van der Waals surface area contributed by atoms with E-state index in [4.69, 9.17) is 0 Å². The monoisotopic (exact) mass is 395 g/mol. The first kappa shape index (κ1) is 19.4. The minimum Gasteiger partial charge on any atom is -0.396 e. The van der Waals surface area contributed by atoms with Gasteiger partial charge in [0.1, 0.15) is 0 Å². The average molecular weight is 395 g/mol. The van der Waals surface area contributed by atoms with Gasteiger partial charge < -0.3 is 19.9 Å². The molecule has 3 heterocycles. The Bertz CT molecular complexity index is 987. The summed E-state index contributed by atoms with van der Waals surface area (Å²) in [6, 6.07) is 13.4. The molecule has 7 nitrogen and oxygen atoms in total. The van der Waals surface area contributed by atoms with Crippen LogP contribution in [0.15, 0.2) is 53.3 Å². The molecule has 4 rings (SSSR count). The zero-order chi connectivity index (χ0) is 20.7. The van der Waals surface area contributed by atoms with Gasteiger partial charge in [-0.25, -0.2) is 0 Å². The summed E-state index contributed by atoms with van der Waals surface area (Å²) in [5.74, 6) is -1.45. The molecular weight excluding hydrogens is 370 g/mol. The topological polar surface area (TPSA) is 91.6 Å². The molecule has 1 aromatic carbocycles. The largest absolute Gasteiger partial charge is 0.396 e. The SMILES string of the molecule is CC(=O)N1[C@@H]2Cn3c(cccc3=O)[C@H]1[C@@H](C(=O)N[C@H](C)c1ccccc1)[C@@H]2CO. The lowest BCUT2D eigenvalue weighted by Crippen LogP contribution is -2.48. The third-order valence-electron chi connectivity index (χ3n) is 6.24. The van der Waals surface area contributed by atoms with Gasteiger partial charge in [0.05, 0.1) is 24.0 Å². The second kappa shape index (κ2) is 7.48.